The molecule has 0 spiro atoms. The third kappa shape index (κ3) is 3.22. The third-order valence-electron chi connectivity index (χ3n) is 3.81. The molecule has 1 heterocycles. The fourth-order valence-corrected chi connectivity index (χ4v) is 2.60. The van der Waals surface area contributed by atoms with Gasteiger partial charge in [0.1, 0.15) is 11.5 Å². The number of phenols is 1. The summed E-state index contributed by atoms with van der Waals surface area (Å²) in [5.74, 6) is 1.17. The molecule has 110 valence electrons. The number of ether oxygens (including phenoxy) is 1. The zero-order valence-electron chi connectivity index (χ0n) is 12.2. The molecule has 1 amide bonds. The molecule has 1 fully saturated rings. The number of likely N-dealkylation sites (N-methyl/N-ethyl adjacent to an activating group) is 1. The van der Waals surface area contributed by atoms with Crippen LogP contribution < -0.4 is 10.1 Å². The van der Waals surface area contributed by atoms with Crippen molar-refractivity contribution < 1.29 is 14.6 Å². The lowest BCUT2D eigenvalue weighted by Gasteiger charge is -2.32. The van der Waals surface area contributed by atoms with Crippen LogP contribution in [-0.4, -0.2) is 42.7 Å². The molecule has 5 heteroatoms. The maximum Gasteiger partial charge on any atom is 0.222 e. The number of aromatic hydroxyl groups is 1. The van der Waals surface area contributed by atoms with E-state index in [1.54, 1.807) is 24.1 Å². The molecule has 2 rings (SSSR count). The van der Waals surface area contributed by atoms with Crippen molar-refractivity contribution in [1.29, 1.82) is 0 Å². The first kappa shape index (κ1) is 14.7. The lowest BCUT2D eigenvalue weighted by molar-refractivity contribution is -0.132. The Kier molecular flexibility index (Phi) is 4.49. The van der Waals surface area contributed by atoms with Crippen molar-refractivity contribution in [2.24, 2.45) is 0 Å². The van der Waals surface area contributed by atoms with Crippen molar-refractivity contribution in [3.8, 4) is 11.5 Å². The van der Waals surface area contributed by atoms with E-state index >= 15 is 0 Å². The smallest absolute Gasteiger partial charge is 0.222 e. The Morgan fingerprint density at radius 1 is 1.50 bits per heavy atom. The van der Waals surface area contributed by atoms with Gasteiger partial charge < -0.3 is 20.1 Å². The van der Waals surface area contributed by atoms with Crippen LogP contribution in [0.1, 0.15) is 31.4 Å². The van der Waals surface area contributed by atoms with Gasteiger partial charge in [-0.15, -0.1) is 0 Å². The number of amides is 1. The highest BCUT2D eigenvalue weighted by atomic mass is 16.5. The fourth-order valence-electron chi connectivity index (χ4n) is 2.60. The summed E-state index contributed by atoms with van der Waals surface area (Å²) in [6.45, 7) is 2.71. The molecule has 1 aromatic carbocycles. The standard InChI is InChI=1S/C15H22N2O3/c1-10(13-8-12(20-3)5-6-14(13)18)16-11-4-7-15(19)17(2)9-11/h5-6,8,10-11,16,18H,4,7,9H2,1-3H3. The fraction of sp³-hybridized carbons (Fsp3) is 0.533. The van der Waals surface area contributed by atoms with Gasteiger partial charge in [0.05, 0.1) is 7.11 Å². The van der Waals surface area contributed by atoms with Gasteiger partial charge in [0.15, 0.2) is 0 Å². The molecule has 2 atom stereocenters. The van der Waals surface area contributed by atoms with Crippen LogP contribution in [0.25, 0.3) is 0 Å². The van der Waals surface area contributed by atoms with E-state index < -0.39 is 0 Å². The van der Waals surface area contributed by atoms with E-state index in [0.29, 0.717) is 13.0 Å². The Morgan fingerprint density at radius 3 is 2.90 bits per heavy atom. The average molecular weight is 278 g/mol. The first-order valence-corrected chi connectivity index (χ1v) is 6.88. The summed E-state index contributed by atoms with van der Waals surface area (Å²) in [7, 11) is 3.43. The number of carbonyl (C=O) groups excluding carboxylic acids is 1. The van der Waals surface area contributed by atoms with Gasteiger partial charge in [0, 0.05) is 37.7 Å². The first-order valence-electron chi connectivity index (χ1n) is 6.88. The second-order valence-corrected chi connectivity index (χ2v) is 5.32. The minimum Gasteiger partial charge on any atom is -0.508 e. The van der Waals surface area contributed by atoms with Crippen molar-refractivity contribution in [1.82, 2.24) is 10.2 Å². The molecule has 2 unspecified atom stereocenters. The highest BCUT2D eigenvalue weighted by Gasteiger charge is 2.24. The maximum absolute atomic E-state index is 11.5. The molecule has 5 nitrogen and oxygen atoms in total. The van der Waals surface area contributed by atoms with E-state index in [0.717, 1.165) is 17.7 Å². The minimum atomic E-state index is -0.00305. The van der Waals surface area contributed by atoms with Crippen molar-refractivity contribution in [3.63, 3.8) is 0 Å². The maximum atomic E-state index is 11.5. The zero-order valence-corrected chi connectivity index (χ0v) is 12.2. The van der Waals surface area contributed by atoms with E-state index in [2.05, 4.69) is 5.32 Å². The first-order chi connectivity index (χ1) is 9.51. The lowest BCUT2D eigenvalue weighted by Crippen LogP contribution is -2.47. The van der Waals surface area contributed by atoms with Gasteiger partial charge in [-0.05, 0) is 31.5 Å². The SMILES string of the molecule is COc1ccc(O)c(C(C)NC2CCC(=O)N(C)C2)c1. The quantitative estimate of drug-likeness (QED) is 0.879. The number of phenolic OH excluding ortho intramolecular Hbond substituents is 1. The van der Waals surface area contributed by atoms with Crippen LogP contribution in [0.4, 0.5) is 0 Å². The molecular weight excluding hydrogens is 256 g/mol. The topological polar surface area (TPSA) is 61.8 Å². The summed E-state index contributed by atoms with van der Waals surface area (Å²) in [5, 5.41) is 13.4. The predicted octanol–water partition coefficient (Wildman–Crippen LogP) is 1.67. The molecule has 2 N–H and O–H groups in total. The number of nitrogens with zero attached hydrogens (tertiary/aromatic N) is 1. The monoisotopic (exact) mass is 278 g/mol. The number of benzene rings is 1. The summed E-state index contributed by atoms with van der Waals surface area (Å²) in [4.78, 5) is 13.2. The van der Waals surface area contributed by atoms with E-state index in [1.807, 2.05) is 20.0 Å². The minimum absolute atomic E-state index is 0.00305. The third-order valence-corrected chi connectivity index (χ3v) is 3.81. The summed E-state index contributed by atoms with van der Waals surface area (Å²) >= 11 is 0. The summed E-state index contributed by atoms with van der Waals surface area (Å²) in [5.41, 5.74) is 0.809. The molecule has 1 aliphatic heterocycles. The van der Waals surface area contributed by atoms with Crippen LogP contribution in [0.5, 0.6) is 11.5 Å². The molecule has 0 radical (unpaired) electrons. The van der Waals surface area contributed by atoms with E-state index in [4.69, 9.17) is 4.74 Å². The number of likely N-dealkylation sites (tertiary alicyclic amines) is 1. The molecular formula is C15H22N2O3. The Balaban J connectivity index is 2.04. The highest BCUT2D eigenvalue weighted by Crippen LogP contribution is 2.29. The molecule has 1 aromatic rings. The number of hydrogen-bond donors (Lipinski definition) is 2. The molecule has 0 aromatic heterocycles. The number of methoxy groups -OCH3 is 1. The number of hydrogen-bond acceptors (Lipinski definition) is 4. The van der Waals surface area contributed by atoms with Crippen LogP contribution in [-0.2, 0) is 4.79 Å². The molecule has 0 bridgehead atoms. The van der Waals surface area contributed by atoms with Crippen molar-refractivity contribution >= 4 is 5.91 Å². The normalized spacial score (nSPS) is 20.9. The van der Waals surface area contributed by atoms with Crippen LogP contribution in [0.2, 0.25) is 0 Å². The zero-order chi connectivity index (χ0) is 14.7. The predicted molar refractivity (Wildman–Crippen MR) is 76.9 cm³/mol. The van der Waals surface area contributed by atoms with E-state index in [9.17, 15) is 9.90 Å². The largest absolute Gasteiger partial charge is 0.508 e. The summed E-state index contributed by atoms with van der Waals surface area (Å²) < 4.78 is 5.19. The van der Waals surface area contributed by atoms with E-state index in [-0.39, 0.29) is 23.7 Å². The summed E-state index contributed by atoms with van der Waals surface area (Å²) in [6.07, 6.45) is 1.41. The number of rotatable bonds is 4. The second kappa shape index (κ2) is 6.13. The lowest BCUT2D eigenvalue weighted by atomic mass is 10.0. The second-order valence-electron chi connectivity index (χ2n) is 5.32. The van der Waals surface area contributed by atoms with Gasteiger partial charge in [-0.2, -0.15) is 0 Å². The molecule has 0 aliphatic carbocycles. The average Bonchev–Trinajstić information content (AvgIpc) is 2.43. The highest BCUT2D eigenvalue weighted by molar-refractivity contribution is 5.76. The van der Waals surface area contributed by atoms with Crippen LogP contribution >= 0.6 is 0 Å². The van der Waals surface area contributed by atoms with Crippen molar-refractivity contribution in [3.05, 3.63) is 23.8 Å². The van der Waals surface area contributed by atoms with Gasteiger partial charge in [-0.25, -0.2) is 0 Å². The van der Waals surface area contributed by atoms with Crippen LogP contribution in [0.3, 0.4) is 0 Å². The van der Waals surface area contributed by atoms with E-state index in [1.165, 1.54) is 0 Å². The Morgan fingerprint density at radius 2 is 2.25 bits per heavy atom. The molecule has 20 heavy (non-hydrogen) atoms. The van der Waals surface area contributed by atoms with Gasteiger partial charge in [0.2, 0.25) is 5.91 Å². The van der Waals surface area contributed by atoms with Crippen LogP contribution in [0.15, 0.2) is 18.2 Å². The van der Waals surface area contributed by atoms with Crippen LogP contribution in [0, 0.1) is 0 Å². The van der Waals surface area contributed by atoms with Gasteiger partial charge in [0.25, 0.3) is 0 Å². The Hall–Kier alpha value is -1.75. The number of piperidine rings is 1. The molecule has 1 saturated heterocycles. The van der Waals surface area contributed by atoms with Crippen molar-refractivity contribution in [2.75, 3.05) is 20.7 Å². The van der Waals surface area contributed by atoms with Gasteiger partial charge in [-0.1, -0.05) is 0 Å². The van der Waals surface area contributed by atoms with Gasteiger partial charge >= 0.3 is 0 Å². The van der Waals surface area contributed by atoms with Crippen molar-refractivity contribution in [2.45, 2.75) is 31.8 Å². The molecule has 0 saturated carbocycles. The molecule has 1 aliphatic rings. The summed E-state index contributed by atoms with van der Waals surface area (Å²) in [6, 6.07) is 5.46. The Labute approximate surface area is 119 Å². The Bertz CT molecular complexity index is 490. The van der Waals surface area contributed by atoms with Gasteiger partial charge in [-0.3, -0.25) is 4.79 Å². The number of nitrogens with one attached hydrogen (secondary N) is 1. The number of carbonyl (C=O) groups is 1.